The molecule has 0 radical (unpaired) electrons. The predicted molar refractivity (Wildman–Crippen MR) is 46.5 cm³/mol. The zero-order valence-electron chi connectivity index (χ0n) is 7.12. The molecule has 0 amide bonds. The third kappa shape index (κ3) is 2.69. The lowest BCUT2D eigenvalue weighted by molar-refractivity contribution is 0.499. The maximum atomic E-state index is 12.9. The molecule has 0 aliphatic carbocycles. The molecule has 84 valence electrons. The molecule has 1 rings (SSSR count). The van der Waals surface area contributed by atoms with Crippen LogP contribution in [-0.4, -0.2) is 15.4 Å². The van der Waals surface area contributed by atoms with Crippen molar-refractivity contribution in [3.8, 4) is 0 Å². The van der Waals surface area contributed by atoms with Crippen molar-refractivity contribution in [3.05, 3.63) is 24.0 Å². The first-order chi connectivity index (χ1) is 6.62. The van der Waals surface area contributed by atoms with Crippen LogP contribution in [0.4, 0.5) is 17.3 Å². The Morgan fingerprint density at radius 2 is 1.73 bits per heavy atom. The second-order valence-electron chi connectivity index (χ2n) is 2.81. The van der Waals surface area contributed by atoms with Gasteiger partial charge in [-0.2, -0.15) is 0 Å². The standard InChI is InChI=1S/C6H5BF4NO2S/c8-5-3-4(7(9,10)11)1-2-6(5)15(12,13)14/h1-3H,(H2,12,13,14)/q-1. The SMILES string of the molecule is NS(=O)(=O)c1ccc([B-](F)(F)F)cc1F. The third-order valence-corrected chi connectivity index (χ3v) is 2.58. The molecule has 0 spiro atoms. The molecule has 0 saturated carbocycles. The zero-order chi connectivity index (χ0) is 11.9. The monoisotopic (exact) mass is 242 g/mol. The normalized spacial score (nSPS) is 12.9. The Morgan fingerprint density at radius 1 is 1.20 bits per heavy atom. The van der Waals surface area contributed by atoms with E-state index in [0.29, 0.717) is 12.1 Å². The van der Waals surface area contributed by atoms with Crippen LogP contribution in [0.2, 0.25) is 0 Å². The second-order valence-corrected chi connectivity index (χ2v) is 4.34. The van der Waals surface area contributed by atoms with Gasteiger partial charge in [-0.25, -0.2) is 17.9 Å². The van der Waals surface area contributed by atoms with E-state index in [1.807, 2.05) is 0 Å². The second kappa shape index (κ2) is 3.49. The van der Waals surface area contributed by atoms with E-state index in [2.05, 4.69) is 5.14 Å². The summed E-state index contributed by atoms with van der Waals surface area (Å²) in [5.41, 5.74) is -1.21. The highest BCUT2D eigenvalue weighted by molar-refractivity contribution is 7.89. The molecule has 3 nitrogen and oxygen atoms in total. The van der Waals surface area contributed by atoms with Gasteiger partial charge in [0, 0.05) is 0 Å². The number of primary sulfonamides is 1. The number of nitrogens with two attached hydrogens (primary N) is 1. The summed E-state index contributed by atoms with van der Waals surface area (Å²) in [6.07, 6.45) is 0. The van der Waals surface area contributed by atoms with Gasteiger partial charge in [0.2, 0.25) is 10.0 Å². The van der Waals surface area contributed by atoms with Crippen LogP contribution < -0.4 is 10.6 Å². The smallest absolute Gasteiger partial charge is 0.445 e. The molecule has 9 heteroatoms. The topological polar surface area (TPSA) is 60.2 Å². The van der Waals surface area contributed by atoms with Gasteiger partial charge < -0.3 is 12.9 Å². The van der Waals surface area contributed by atoms with Crippen molar-refractivity contribution in [1.82, 2.24) is 0 Å². The molecular weight excluding hydrogens is 237 g/mol. The molecule has 0 aliphatic rings. The highest BCUT2D eigenvalue weighted by atomic mass is 32.2. The summed E-state index contributed by atoms with van der Waals surface area (Å²) in [5.74, 6) is -1.51. The quantitative estimate of drug-likeness (QED) is 0.607. The first-order valence-electron chi connectivity index (χ1n) is 3.64. The lowest BCUT2D eigenvalue weighted by Crippen LogP contribution is -2.34. The molecule has 1 aromatic carbocycles. The molecule has 15 heavy (non-hydrogen) atoms. The first kappa shape index (κ1) is 12.0. The number of hydrogen-bond donors (Lipinski definition) is 1. The molecule has 0 fully saturated rings. The van der Waals surface area contributed by atoms with E-state index in [1.165, 1.54) is 0 Å². The number of benzene rings is 1. The molecule has 0 saturated heterocycles. The number of rotatable bonds is 2. The Bertz CT molecular complexity index is 484. The Morgan fingerprint density at radius 3 is 2.07 bits per heavy atom. The lowest BCUT2D eigenvalue weighted by atomic mass is 9.80. The van der Waals surface area contributed by atoms with E-state index < -0.39 is 33.2 Å². The largest absolute Gasteiger partial charge is 0.509 e. The van der Waals surface area contributed by atoms with Gasteiger partial charge >= 0.3 is 6.98 Å². The molecule has 0 atom stereocenters. The van der Waals surface area contributed by atoms with Crippen molar-refractivity contribution in [3.63, 3.8) is 0 Å². The third-order valence-electron chi connectivity index (χ3n) is 1.64. The van der Waals surface area contributed by atoms with Crippen molar-refractivity contribution in [1.29, 1.82) is 0 Å². The van der Waals surface area contributed by atoms with Crippen molar-refractivity contribution < 1.29 is 25.8 Å². The predicted octanol–water partition coefficient (Wildman–Crippen LogP) is 0.528. The van der Waals surface area contributed by atoms with Crippen LogP contribution >= 0.6 is 0 Å². The van der Waals surface area contributed by atoms with E-state index >= 15 is 0 Å². The van der Waals surface area contributed by atoms with Crippen LogP contribution in [0.15, 0.2) is 23.1 Å². The Labute approximate surface area is 83.0 Å². The van der Waals surface area contributed by atoms with Crippen LogP contribution in [0.3, 0.4) is 0 Å². The molecule has 1 aromatic rings. The fourth-order valence-corrected chi connectivity index (χ4v) is 1.54. The molecule has 0 heterocycles. The maximum absolute atomic E-state index is 12.9. The van der Waals surface area contributed by atoms with Gasteiger partial charge in [-0.05, 0) is 6.07 Å². The van der Waals surface area contributed by atoms with Gasteiger partial charge in [0.1, 0.15) is 10.7 Å². The van der Waals surface area contributed by atoms with E-state index in [-0.39, 0.29) is 6.07 Å². The number of halogens is 4. The first-order valence-corrected chi connectivity index (χ1v) is 5.19. The minimum Gasteiger partial charge on any atom is -0.445 e. The average Bonchev–Trinajstić information content (AvgIpc) is 1.99. The van der Waals surface area contributed by atoms with E-state index in [0.717, 1.165) is 0 Å². The summed E-state index contributed by atoms with van der Waals surface area (Å²) in [7, 11) is -4.33. The van der Waals surface area contributed by atoms with Crippen LogP contribution in [0.25, 0.3) is 0 Å². The minimum absolute atomic E-state index is 0.111. The summed E-state index contributed by atoms with van der Waals surface area (Å²) in [4.78, 5) is -0.952. The zero-order valence-corrected chi connectivity index (χ0v) is 7.94. The molecule has 0 unspecified atom stereocenters. The van der Waals surface area contributed by atoms with Gasteiger partial charge in [-0.1, -0.05) is 12.1 Å². The van der Waals surface area contributed by atoms with Gasteiger partial charge in [0.15, 0.2) is 0 Å². The number of sulfonamides is 1. The molecule has 0 aliphatic heterocycles. The van der Waals surface area contributed by atoms with E-state index in [9.17, 15) is 25.8 Å². The Hall–Kier alpha value is -1.09. The van der Waals surface area contributed by atoms with Crippen LogP contribution in [0, 0.1) is 5.82 Å². The van der Waals surface area contributed by atoms with E-state index in [1.54, 1.807) is 0 Å². The highest BCUT2D eigenvalue weighted by Crippen LogP contribution is 2.15. The summed E-state index contributed by atoms with van der Waals surface area (Å²) in [6, 6.07) is 1.08. The van der Waals surface area contributed by atoms with Crippen molar-refractivity contribution in [2.45, 2.75) is 4.90 Å². The van der Waals surface area contributed by atoms with Crippen molar-refractivity contribution in [2.75, 3.05) is 0 Å². The summed E-state index contributed by atoms with van der Waals surface area (Å²) in [5, 5.41) is 4.57. The molecular formula is C6H5BF4NO2S-. The average molecular weight is 242 g/mol. The van der Waals surface area contributed by atoms with Crippen LogP contribution in [0.1, 0.15) is 0 Å². The molecule has 0 aromatic heterocycles. The fourth-order valence-electron chi connectivity index (χ4n) is 0.951. The Kier molecular flexibility index (Phi) is 2.79. The maximum Gasteiger partial charge on any atom is 0.509 e. The summed E-state index contributed by atoms with van der Waals surface area (Å²) >= 11 is 0. The Balaban J connectivity index is 3.34. The molecule has 0 bridgehead atoms. The van der Waals surface area contributed by atoms with Gasteiger partial charge in [-0.3, -0.25) is 0 Å². The number of hydrogen-bond acceptors (Lipinski definition) is 2. The summed E-state index contributed by atoms with van der Waals surface area (Å²) < 4.78 is 70.6. The molecule has 2 N–H and O–H groups in total. The van der Waals surface area contributed by atoms with Crippen LogP contribution in [-0.2, 0) is 10.0 Å². The van der Waals surface area contributed by atoms with Gasteiger partial charge in [0.05, 0.1) is 0 Å². The van der Waals surface area contributed by atoms with Gasteiger partial charge in [0.25, 0.3) is 0 Å². The highest BCUT2D eigenvalue weighted by Gasteiger charge is 2.27. The van der Waals surface area contributed by atoms with Gasteiger partial charge in [-0.15, -0.1) is 5.46 Å². The van der Waals surface area contributed by atoms with Crippen molar-refractivity contribution in [2.24, 2.45) is 5.14 Å². The minimum atomic E-state index is -5.35. The van der Waals surface area contributed by atoms with E-state index in [4.69, 9.17) is 0 Å². The van der Waals surface area contributed by atoms with Crippen molar-refractivity contribution >= 4 is 22.5 Å². The lowest BCUT2D eigenvalue weighted by Gasteiger charge is -2.15. The summed E-state index contributed by atoms with van der Waals surface area (Å²) in [6.45, 7) is -5.35. The fraction of sp³-hybridized carbons (Fsp3) is 0. The van der Waals surface area contributed by atoms with Crippen LogP contribution in [0.5, 0.6) is 0 Å².